The summed E-state index contributed by atoms with van der Waals surface area (Å²) in [7, 11) is -3.80. The van der Waals surface area contributed by atoms with Crippen LogP contribution in [0.25, 0.3) is 0 Å². The van der Waals surface area contributed by atoms with Crippen molar-refractivity contribution in [2.24, 2.45) is 5.14 Å². The first kappa shape index (κ1) is 15.1. The molecular formula is C13H20N2O4S. The van der Waals surface area contributed by atoms with Crippen molar-refractivity contribution < 1.29 is 17.9 Å². The average molecular weight is 300 g/mol. The van der Waals surface area contributed by atoms with Gasteiger partial charge in [0.2, 0.25) is 10.0 Å². The molecule has 0 aliphatic heterocycles. The van der Waals surface area contributed by atoms with Crippen LogP contribution in [0.4, 0.5) is 0 Å². The predicted molar refractivity (Wildman–Crippen MR) is 73.9 cm³/mol. The van der Waals surface area contributed by atoms with Gasteiger partial charge < -0.3 is 9.30 Å². The van der Waals surface area contributed by atoms with Crippen LogP contribution in [0.15, 0.2) is 17.2 Å². The van der Waals surface area contributed by atoms with Gasteiger partial charge in [-0.2, -0.15) is 0 Å². The SMILES string of the molecule is CCCCCOC(=O)c1cc(S(N)(=O)=O)cn1C1CC1. The lowest BCUT2D eigenvalue weighted by atomic mass is 10.3. The molecule has 0 spiro atoms. The lowest BCUT2D eigenvalue weighted by molar-refractivity contribution is 0.0485. The first-order chi connectivity index (χ1) is 9.43. The third-order valence-electron chi connectivity index (χ3n) is 3.28. The zero-order valence-electron chi connectivity index (χ0n) is 11.5. The van der Waals surface area contributed by atoms with Gasteiger partial charge in [-0.25, -0.2) is 18.4 Å². The maximum absolute atomic E-state index is 12.0. The minimum Gasteiger partial charge on any atom is -0.461 e. The molecule has 1 saturated carbocycles. The van der Waals surface area contributed by atoms with E-state index in [4.69, 9.17) is 9.88 Å². The number of esters is 1. The fourth-order valence-electron chi connectivity index (χ4n) is 2.02. The van der Waals surface area contributed by atoms with Gasteiger partial charge in [0.05, 0.1) is 6.61 Å². The summed E-state index contributed by atoms with van der Waals surface area (Å²) in [4.78, 5) is 12.0. The third kappa shape index (κ3) is 3.61. The molecule has 1 heterocycles. The average Bonchev–Trinajstić information content (AvgIpc) is 3.11. The number of aromatic nitrogens is 1. The summed E-state index contributed by atoms with van der Waals surface area (Å²) in [6.07, 6.45) is 6.17. The molecule has 0 unspecified atom stereocenters. The van der Waals surface area contributed by atoms with Gasteiger partial charge in [0.15, 0.2) is 0 Å². The molecule has 0 atom stereocenters. The zero-order chi connectivity index (χ0) is 14.8. The van der Waals surface area contributed by atoms with Gasteiger partial charge in [-0.15, -0.1) is 0 Å². The minimum atomic E-state index is -3.80. The van der Waals surface area contributed by atoms with Gasteiger partial charge in [-0.3, -0.25) is 0 Å². The summed E-state index contributed by atoms with van der Waals surface area (Å²) in [6, 6.07) is 1.49. The maximum atomic E-state index is 12.0. The molecule has 2 rings (SSSR count). The van der Waals surface area contributed by atoms with E-state index in [0.717, 1.165) is 32.1 Å². The lowest BCUT2D eigenvalue weighted by Gasteiger charge is -2.07. The van der Waals surface area contributed by atoms with E-state index in [1.165, 1.54) is 12.3 Å². The van der Waals surface area contributed by atoms with Crippen LogP contribution in [-0.2, 0) is 14.8 Å². The Morgan fingerprint density at radius 3 is 2.70 bits per heavy atom. The van der Waals surface area contributed by atoms with Crippen molar-refractivity contribution in [3.63, 3.8) is 0 Å². The van der Waals surface area contributed by atoms with E-state index in [1.54, 1.807) is 4.57 Å². The summed E-state index contributed by atoms with van der Waals surface area (Å²) in [6.45, 7) is 2.42. The van der Waals surface area contributed by atoms with Crippen molar-refractivity contribution in [1.82, 2.24) is 4.57 Å². The third-order valence-corrected chi connectivity index (χ3v) is 4.16. The highest BCUT2D eigenvalue weighted by Crippen LogP contribution is 2.37. The summed E-state index contributed by atoms with van der Waals surface area (Å²) < 4.78 is 29.6. The molecule has 1 aromatic rings. The zero-order valence-corrected chi connectivity index (χ0v) is 12.4. The Morgan fingerprint density at radius 2 is 2.15 bits per heavy atom. The molecular weight excluding hydrogens is 280 g/mol. The van der Waals surface area contributed by atoms with Gasteiger partial charge >= 0.3 is 5.97 Å². The topological polar surface area (TPSA) is 91.4 Å². The van der Waals surface area contributed by atoms with E-state index < -0.39 is 16.0 Å². The molecule has 2 N–H and O–H groups in total. The fourth-order valence-corrected chi connectivity index (χ4v) is 2.56. The molecule has 0 saturated heterocycles. The van der Waals surface area contributed by atoms with E-state index in [0.29, 0.717) is 6.61 Å². The molecule has 6 nitrogen and oxygen atoms in total. The van der Waals surface area contributed by atoms with Crippen LogP contribution in [0.5, 0.6) is 0 Å². The second kappa shape index (κ2) is 5.97. The molecule has 1 aromatic heterocycles. The fraction of sp³-hybridized carbons (Fsp3) is 0.615. The quantitative estimate of drug-likeness (QED) is 0.614. The number of primary sulfonamides is 1. The Balaban J connectivity index is 2.13. The predicted octanol–water partition coefficient (Wildman–Crippen LogP) is 1.82. The number of sulfonamides is 1. The molecule has 112 valence electrons. The number of carbonyl (C=O) groups is 1. The molecule has 0 aromatic carbocycles. The highest BCUT2D eigenvalue weighted by molar-refractivity contribution is 7.89. The van der Waals surface area contributed by atoms with Gasteiger partial charge in [0, 0.05) is 12.2 Å². The van der Waals surface area contributed by atoms with Crippen molar-refractivity contribution in [3.05, 3.63) is 18.0 Å². The van der Waals surface area contributed by atoms with Crippen LogP contribution in [0.2, 0.25) is 0 Å². The van der Waals surface area contributed by atoms with Gasteiger partial charge in [-0.1, -0.05) is 19.8 Å². The maximum Gasteiger partial charge on any atom is 0.354 e. The molecule has 0 bridgehead atoms. The molecule has 20 heavy (non-hydrogen) atoms. The Hall–Kier alpha value is -1.34. The standard InChI is InChI=1S/C13H20N2O4S/c1-2-3-4-7-19-13(16)12-8-11(20(14,17)18)9-15(12)10-5-6-10/h8-10H,2-7H2,1H3,(H2,14,17,18). The van der Waals surface area contributed by atoms with E-state index in [9.17, 15) is 13.2 Å². The molecule has 1 aliphatic rings. The van der Waals surface area contributed by atoms with Crippen molar-refractivity contribution in [2.75, 3.05) is 6.61 Å². The monoisotopic (exact) mass is 300 g/mol. The number of unbranched alkanes of at least 4 members (excludes halogenated alkanes) is 2. The summed E-state index contributed by atoms with van der Waals surface area (Å²) in [5.74, 6) is -0.483. The number of nitrogens with two attached hydrogens (primary N) is 1. The van der Waals surface area contributed by atoms with Gasteiger partial charge in [-0.05, 0) is 25.3 Å². The van der Waals surface area contributed by atoms with E-state index in [-0.39, 0.29) is 16.6 Å². The Bertz CT molecular complexity index is 588. The van der Waals surface area contributed by atoms with Crippen molar-refractivity contribution >= 4 is 16.0 Å². The van der Waals surface area contributed by atoms with E-state index in [2.05, 4.69) is 6.92 Å². The summed E-state index contributed by atoms with van der Waals surface area (Å²) in [5.41, 5.74) is 0.271. The molecule has 7 heteroatoms. The van der Waals surface area contributed by atoms with Crippen molar-refractivity contribution in [3.8, 4) is 0 Å². The van der Waals surface area contributed by atoms with Crippen molar-refractivity contribution in [1.29, 1.82) is 0 Å². The summed E-state index contributed by atoms with van der Waals surface area (Å²) >= 11 is 0. The smallest absolute Gasteiger partial charge is 0.354 e. The van der Waals surface area contributed by atoms with Gasteiger partial charge in [0.25, 0.3) is 0 Å². The molecule has 0 amide bonds. The Kier molecular flexibility index (Phi) is 4.49. The number of carbonyl (C=O) groups excluding carboxylic acids is 1. The largest absolute Gasteiger partial charge is 0.461 e. The number of ether oxygens (including phenoxy) is 1. The van der Waals surface area contributed by atoms with Gasteiger partial charge in [0.1, 0.15) is 10.6 Å². The van der Waals surface area contributed by atoms with Crippen LogP contribution in [0, 0.1) is 0 Å². The summed E-state index contributed by atoms with van der Waals surface area (Å²) in [5, 5.41) is 5.11. The van der Waals surface area contributed by atoms with Crippen LogP contribution < -0.4 is 5.14 Å². The second-order valence-corrected chi connectivity index (χ2v) is 6.65. The number of nitrogens with zero attached hydrogens (tertiary/aromatic N) is 1. The molecule has 1 fully saturated rings. The second-order valence-electron chi connectivity index (χ2n) is 5.09. The normalized spacial score (nSPS) is 15.3. The Morgan fingerprint density at radius 1 is 1.45 bits per heavy atom. The van der Waals surface area contributed by atoms with E-state index in [1.807, 2.05) is 0 Å². The minimum absolute atomic E-state index is 0.0371. The number of hydrogen-bond acceptors (Lipinski definition) is 4. The number of hydrogen-bond donors (Lipinski definition) is 1. The highest BCUT2D eigenvalue weighted by atomic mass is 32.2. The lowest BCUT2D eigenvalue weighted by Crippen LogP contribution is -2.11. The van der Waals surface area contributed by atoms with Crippen LogP contribution in [0.1, 0.15) is 55.6 Å². The van der Waals surface area contributed by atoms with Crippen LogP contribution >= 0.6 is 0 Å². The molecule has 0 radical (unpaired) electrons. The van der Waals surface area contributed by atoms with Crippen molar-refractivity contribution in [2.45, 2.75) is 50.0 Å². The number of rotatable bonds is 7. The first-order valence-corrected chi connectivity index (χ1v) is 8.40. The van der Waals surface area contributed by atoms with Crippen LogP contribution in [0.3, 0.4) is 0 Å². The first-order valence-electron chi connectivity index (χ1n) is 6.85. The van der Waals surface area contributed by atoms with E-state index >= 15 is 0 Å². The molecule has 1 aliphatic carbocycles. The van der Waals surface area contributed by atoms with Crippen LogP contribution in [-0.4, -0.2) is 25.6 Å². The Labute approximate surface area is 119 Å². The highest BCUT2D eigenvalue weighted by Gasteiger charge is 2.30.